The Balaban J connectivity index is 1.40. The lowest BCUT2D eigenvalue weighted by atomic mass is 9.99. The maximum atomic E-state index is 12.1. The second kappa shape index (κ2) is 8.19. The van der Waals surface area contributed by atoms with Crippen molar-refractivity contribution < 1.29 is 19.4 Å². The van der Waals surface area contributed by atoms with Crippen molar-refractivity contribution in [1.82, 2.24) is 5.32 Å². The topological polar surface area (TPSA) is 75.6 Å². The van der Waals surface area contributed by atoms with Gasteiger partial charge >= 0.3 is 12.1 Å². The second-order valence-corrected chi connectivity index (χ2v) is 7.13. The van der Waals surface area contributed by atoms with Crippen molar-refractivity contribution in [1.29, 1.82) is 0 Å². The van der Waals surface area contributed by atoms with Crippen molar-refractivity contribution in [2.45, 2.75) is 25.5 Å². The number of benzene rings is 3. The summed E-state index contributed by atoms with van der Waals surface area (Å²) in [4.78, 5) is 23.7. The summed E-state index contributed by atoms with van der Waals surface area (Å²) in [6, 6.07) is 22.4. The summed E-state index contributed by atoms with van der Waals surface area (Å²) < 4.78 is 5.15. The number of carbonyl (C=O) groups is 2. The summed E-state index contributed by atoms with van der Waals surface area (Å²) in [6.07, 6.45) is 0.290. The zero-order valence-corrected chi connectivity index (χ0v) is 15.8. The molecule has 1 aliphatic rings. The van der Waals surface area contributed by atoms with Gasteiger partial charge in [-0.3, -0.25) is 0 Å². The van der Waals surface area contributed by atoms with Crippen LogP contribution in [0.1, 0.15) is 22.3 Å². The average Bonchev–Trinajstić information content (AvgIpc) is 3.10. The van der Waals surface area contributed by atoms with Crippen molar-refractivity contribution in [3.05, 3.63) is 95.1 Å². The van der Waals surface area contributed by atoms with E-state index >= 15 is 0 Å². The summed E-state index contributed by atoms with van der Waals surface area (Å²) >= 11 is 0. The molecule has 1 amide bonds. The van der Waals surface area contributed by atoms with Gasteiger partial charge in [-0.1, -0.05) is 72.8 Å². The van der Waals surface area contributed by atoms with E-state index in [0.29, 0.717) is 0 Å². The molecule has 0 heterocycles. The Morgan fingerprint density at radius 2 is 1.62 bits per heavy atom. The number of aliphatic carboxylic acids is 1. The normalized spacial score (nSPS) is 12.6. The van der Waals surface area contributed by atoms with E-state index in [-0.39, 0.29) is 13.0 Å². The molecule has 0 saturated carbocycles. The fourth-order valence-corrected chi connectivity index (χ4v) is 3.67. The molecule has 1 unspecified atom stereocenters. The van der Waals surface area contributed by atoms with Crippen LogP contribution in [0.3, 0.4) is 0 Å². The zero-order chi connectivity index (χ0) is 20.2. The molecule has 0 saturated heterocycles. The molecule has 3 aromatic rings. The molecule has 0 spiro atoms. The van der Waals surface area contributed by atoms with Gasteiger partial charge in [0.25, 0.3) is 0 Å². The minimum absolute atomic E-state index is 0.0934. The number of ether oxygens (including phenoxy) is 1. The van der Waals surface area contributed by atoms with Crippen LogP contribution in [-0.4, -0.2) is 23.2 Å². The number of amides is 1. The maximum absolute atomic E-state index is 12.1. The van der Waals surface area contributed by atoms with Crippen LogP contribution in [0.25, 0.3) is 11.1 Å². The van der Waals surface area contributed by atoms with Crippen LogP contribution < -0.4 is 5.32 Å². The lowest BCUT2D eigenvalue weighted by Gasteiger charge is -2.15. The lowest BCUT2D eigenvalue weighted by molar-refractivity contribution is -0.139. The van der Waals surface area contributed by atoms with Gasteiger partial charge < -0.3 is 15.2 Å². The number of hydrogen-bond acceptors (Lipinski definition) is 3. The van der Waals surface area contributed by atoms with Gasteiger partial charge in [-0.05, 0) is 39.8 Å². The molecule has 1 atom stereocenters. The van der Waals surface area contributed by atoms with E-state index in [1.807, 2.05) is 60.7 Å². The Labute approximate surface area is 169 Å². The summed E-state index contributed by atoms with van der Waals surface area (Å²) in [5, 5.41) is 12.0. The molecule has 0 aliphatic heterocycles. The van der Waals surface area contributed by atoms with Crippen molar-refractivity contribution in [3.8, 4) is 11.1 Å². The highest BCUT2D eigenvalue weighted by Crippen LogP contribution is 2.36. The van der Waals surface area contributed by atoms with Gasteiger partial charge in [0.15, 0.2) is 0 Å². The number of hydrogen-bond donors (Lipinski definition) is 2. The summed E-state index contributed by atoms with van der Waals surface area (Å²) in [5.41, 5.74) is 6.58. The van der Waals surface area contributed by atoms with Gasteiger partial charge in [0.2, 0.25) is 0 Å². The summed E-state index contributed by atoms with van der Waals surface area (Å²) in [6.45, 7) is 0.0934. The predicted molar refractivity (Wildman–Crippen MR) is 110 cm³/mol. The van der Waals surface area contributed by atoms with Crippen LogP contribution in [0.5, 0.6) is 0 Å². The second-order valence-electron chi connectivity index (χ2n) is 7.13. The third kappa shape index (κ3) is 4.29. The van der Waals surface area contributed by atoms with E-state index in [1.165, 1.54) is 22.3 Å². The minimum Gasteiger partial charge on any atom is -0.480 e. The Bertz CT molecular complexity index is 1050. The van der Waals surface area contributed by atoms with Gasteiger partial charge in [-0.2, -0.15) is 0 Å². The van der Waals surface area contributed by atoms with E-state index in [2.05, 4.69) is 17.4 Å². The van der Waals surface area contributed by atoms with Gasteiger partial charge in [-0.15, -0.1) is 0 Å². The Morgan fingerprint density at radius 3 is 2.41 bits per heavy atom. The van der Waals surface area contributed by atoms with Crippen LogP contribution >= 0.6 is 0 Å². The Hall–Kier alpha value is -3.60. The highest BCUT2D eigenvalue weighted by atomic mass is 16.5. The zero-order valence-electron chi connectivity index (χ0n) is 15.8. The molecule has 4 rings (SSSR count). The number of fused-ring (bicyclic) bond motifs is 3. The molecule has 5 nitrogen and oxygen atoms in total. The number of carboxylic acid groups (broad SMARTS) is 1. The molecule has 0 bridgehead atoms. The maximum Gasteiger partial charge on any atom is 0.408 e. The number of alkyl carbamates (subject to hydrolysis) is 1. The van der Waals surface area contributed by atoms with Crippen molar-refractivity contribution in [2.75, 3.05) is 0 Å². The molecule has 5 heteroatoms. The third-order valence-corrected chi connectivity index (χ3v) is 5.10. The molecule has 146 valence electrons. The van der Waals surface area contributed by atoms with E-state index < -0.39 is 18.1 Å². The average molecular weight is 387 g/mol. The Kier molecular flexibility index (Phi) is 5.29. The van der Waals surface area contributed by atoms with E-state index in [9.17, 15) is 14.7 Å². The molecule has 3 aromatic carbocycles. The van der Waals surface area contributed by atoms with Crippen molar-refractivity contribution in [3.63, 3.8) is 0 Å². The highest BCUT2D eigenvalue weighted by Gasteiger charge is 2.23. The minimum atomic E-state index is -1.09. The van der Waals surface area contributed by atoms with E-state index in [1.54, 1.807) is 0 Å². The predicted octanol–water partition coefficient (Wildman–Crippen LogP) is 4.18. The first-order chi connectivity index (χ1) is 14.1. The van der Waals surface area contributed by atoms with E-state index in [4.69, 9.17) is 4.74 Å². The monoisotopic (exact) mass is 387 g/mol. The number of carbonyl (C=O) groups excluding carboxylic acids is 1. The summed E-state index contributed by atoms with van der Waals surface area (Å²) in [5.74, 6) is -1.09. The van der Waals surface area contributed by atoms with E-state index in [0.717, 1.165) is 17.5 Å². The molecular weight excluding hydrogens is 366 g/mol. The van der Waals surface area contributed by atoms with Crippen molar-refractivity contribution in [2.24, 2.45) is 0 Å². The number of nitrogens with one attached hydrogen (secondary N) is 1. The van der Waals surface area contributed by atoms with Crippen LogP contribution in [0.2, 0.25) is 0 Å². The first-order valence-corrected chi connectivity index (χ1v) is 9.50. The third-order valence-electron chi connectivity index (χ3n) is 5.10. The molecule has 0 radical (unpaired) electrons. The van der Waals surface area contributed by atoms with Crippen LogP contribution in [0.4, 0.5) is 4.79 Å². The largest absolute Gasteiger partial charge is 0.480 e. The van der Waals surface area contributed by atoms with Crippen LogP contribution in [0, 0.1) is 0 Å². The van der Waals surface area contributed by atoms with Crippen LogP contribution in [0.15, 0.2) is 72.8 Å². The molecule has 1 aliphatic carbocycles. The molecular formula is C24H21NO4. The van der Waals surface area contributed by atoms with Gasteiger partial charge in [0.05, 0.1) is 0 Å². The molecule has 2 N–H and O–H groups in total. The molecule has 0 fully saturated rings. The summed E-state index contributed by atoms with van der Waals surface area (Å²) in [7, 11) is 0. The fourth-order valence-electron chi connectivity index (χ4n) is 3.67. The number of rotatable bonds is 6. The van der Waals surface area contributed by atoms with Gasteiger partial charge in [0.1, 0.15) is 12.6 Å². The van der Waals surface area contributed by atoms with Crippen LogP contribution in [-0.2, 0) is 29.0 Å². The highest BCUT2D eigenvalue weighted by molar-refractivity contribution is 5.81. The number of carboxylic acids is 1. The first-order valence-electron chi connectivity index (χ1n) is 9.50. The fraction of sp³-hybridized carbons (Fsp3) is 0.167. The standard InChI is InChI=1S/C24H21NO4/c26-23(27)22(25-24(28)29-15-16-6-2-1-3-7-16)13-17-10-11-21-19(12-17)14-18-8-4-5-9-20(18)21/h1-12,22H,13-15H2,(H,25,28)(H,26,27). The van der Waals surface area contributed by atoms with Crippen molar-refractivity contribution >= 4 is 12.1 Å². The smallest absolute Gasteiger partial charge is 0.408 e. The molecule has 29 heavy (non-hydrogen) atoms. The first kappa shape index (κ1) is 18.7. The van der Waals surface area contributed by atoms with Gasteiger partial charge in [0, 0.05) is 6.42 Å². The van der Waals surface area contributed by atoms with Gasteiger partial charge in [-0.25, -0.2) is 9.59 Å². The lowest BCUT2D eigenvalue weighted by Crippen LogP contribution is -2.42. The Morgan fingerprint density at radius 1 is 0.897 bits per heavy atom. The molecule has 0 aromatic heterocycles. The SMILES string of the molecule is O=C(NC(Cc1ccc2c(c1)Cc1ccccc1-2)C(=O)O)OCc1ccccc1. The quantitative estimate of drug-likeness (QED) is 0.520.